The third kappa shape index (κ3) is 3.66. The number of aromatic nitrogens is 1. The molecule has 2 aromatic rings. The number of rotatable bonds is 5. The molecule has 0 aliphatic heterocycles. The lowest BCUT2D eigenvalue weighted by Gasteiger charge is -2.09. The second kappa shape index (κ2) is 6.49. The van der Waals surface area contributed by atoms with Crippen LogP contribution in [0.5, 0.6) is 5.75 Å². The van der Waals surface area contributed by atoms with Crippen LogP contribution in [0.3, 0.4) is 0 Å². The summed E-state index contributed by atoms with van der Waals surface area (Å²) in [5.74, 6) is -0.394. The number of benzene rings is 1. The summed E-state index contributed by atoms with van der Waals surface area (Å²) in [6.07, 6.45) is 1.42. The highest BCUT2D eigenvalue weighted by molar-refractivity contribution is 9.10. The van der Waals surface area contributed by atoms with E-state index in [-0.39, 0.29) is 17.3 Å². The summed E-state index contributed by atoms with van der Waals surface area (Å²) in [4.78, 5) is 14.3. The number of ether oxygens (including phenoxy) is 1. The molecule has 0 bridgehead atoms. The Bertz CT molecular complexity index is 682. The van der Waals surface area contributed by atoms with Crippen LogP contribution in [0, 0.1) is 15.9 Å². The molecule has 0 spiro atoms. The largest absolute Gasteiger partial charge is 0.491 e. The summed E-state index contributed by atoms with van der Waals surface area (Å²) in [6, 6.07) is 5.52. The first-order valence-corrected chi connectivity index (χ1v) is 6.80. The Morgan fingerprint density at radius 2 is 2.24 bits per heavy atom. The zero-order valence-corrected chi connectivity index (χ0v) is 12.6. The minimum atomic E-state index is -0.564. The predicted molar refractivity (Wildman–Crippen MR) is 79.4 cm³/mol. The average Bonchev–Trinajstić information content (AvgIpc) is 2.44. The summed E-state index contributed by atoms with van der Waals surface area (Å²) in [5.41, 5.74) is 0.132. The van der Waals surface area contributed by atoms with Crippen LogP contribution in [0.15, 0.2) is 34.9 Å². The molecule has 1 aromatic carbocycles. The molecule has 0 unspecified atom stereocenters. The Hall–Kier alpha value is -2.22. The molecule has 0 fully saturated rings. The number of nitrogens with one attached hydrogen (secondary N) is 1. The monoisotopic (exact) mass is 355 g/mol. The van der Waals surface area contributed by atoms with E-state index in [0.29, 0.717) is 16.8 Å². The van der Waals surface area contributed by atoms with Crippen molar-refractivity contribution in [3.8, 4) is 5.75 Å². The molecule has 0 aliphatic rings. The van der Waals surface area contributed by atoms with E-state index in [1.807, 2.05) is 0 Å². The lowest BCUT2D eigenvalue weighted by atomic mass is 10.2. The molecule has 1 heterocycles. The third-order valence-corrected chi connectivity index (χ3v) is 2.96. The highest BCUT2D eigenvalue weighted by Gasteiger charge is 2.16. The van der Waals surface area contributed by atoms with Crippen molar-refractivity contribution in [3.05, 3.63) is 50.9 Å². The van der Waals surface area contributed by atoms with Crippen LogP contribution in [0.1, 0.15) is 6.92 Å². The van der Waals surface area contributed by atoms with Crippen LogP contribution in [-0.2, 0) is 0 Å². The molecule has 0 saturated heterocycles. The Labute approximate surface area is 128 Å². The van der Waals surface area contributed by atoms with E-state index in [9.17, 15) is 14.5 Å². The van der Waals surface area contributed by atoms with Crippen molar-refractivity contribution in [2.75, 3.05) is 11.9 Å². The van der Waals surface area contributed by atoms with Gasteiger partial charge in [0.2, 0.25) is 5.82 Å². The van der Waals surface area contributed by atoms with Gasteiger partial charge in [-0.05, 0) is 35.0 Å². The van der Waals surface area contributed by atoms with Gasteiger partial charge in [-0.25, -0.2) is 9.37 Å². The Morgan fingerprint density at radius 3 is 2.86 bits per heavy atom. The van der Waals surface area contributed by atoms with Crippen LogP contribution >= 0.6 is 15.9 Å². The summed E-state index contributed by atoms with van der Waals surface area (Å²) >= 11 is 3.12. The molecule has 110 valence electrons. The molecule has 2 rings (SSSR count). The molecule has 8 heteroatoms. The van der Waals surface area contributed by atoms with Gasteiger partial charge in [0.15, 0.2) is 11.6 Å². The standard InChI is InChI=1S/C13H11BrFN3O3/c1-2-21-12-4-3-9(6-10(12)15)17-13-11(18(19)20)5-8(14)7-16-13/h3-7H,2H2,1H3,(H,16,17). The lowest BCUT2D eigenvalue weighted by Crippen LogP contribution is -2.01. The number of hydrogen-bond acceptors (Lipinski definition) is 5. The number of anilines is 2. The number of hydrogen-bond donors (Lipinski definition) is 1. The fourth-order valence-electron chi connectivity index (χ4n) is 1.65. The van der Waals surface area contributed by atoms with Crippen LogP contribution < -0.4 is 10.1 Å². The van der Waals surface area contributed by atoms with Gasteiger partial charge in [-0.15, -0.1) is 0 Å². The zero-order chi connectivity index (χ0) is 15.4. The van der Waals surface area contributed by atoms with Crippen molar-refractivity contribution < 1.29 is 14.1 Å². The fourth-order valence-corrected chi connectivity index (χ4v) is 1.97. The van der Waals surface area contributed by atoms with Gasteiger partial charge in [-0.2, -0.15) is 0 Å². The normalized spacial score (nSPS) is 10.2. The third-order valence-electron chi connectivity index (χ3n) is 2.53. The van der Waals surface area contributed by atoms with Gasteiger partial charge in [0.05, 0.1) is 11.5 Å². The molecule has 0 radical (unpaired) electrons. The smallest absolute Gasteiger partial charge is 0.312 e. The van der Waals surface area contributed by atoms with Crippen LogP contribution in [0.25, 0.3) is 0 Å². The van der Waals surface area contributed by atoms with E-state index in [4.69, 9.17) is 4.74 Å². The van der Waals surface area contributed by atoms with E-state index in [2.05, 4.69) is 26.2 Å². The van der Waals surface area contributed by atoms with Crippen molar-refractivity contribution >= 4 is 33.1 Å². The van der Waals surface area contributed by atoms with Gasteiger partial charge in [0.25, 0.3) is 0 Å². The number of halogens is 2. The van der Waals surface area contributed by atoms with Crippen LogP contribution in [-0.4, -0.2) is 16.5 Å². The molecule has 1 aromatic heterocycles. The first-order valence-electron chi connectivity index (χ1n) is 6.00. The Kier molecular flexibility index (Phi) is 4.69. The van der Waals surface area contributed by atoms with Gasteiger partial charge in [-0.3, -0.25) is 10.1 Å². The van der Waals surface area contributed by atoms with E-state index in [1.165, 1.54) is 24.4 Å². The Morgan fingerprint density at radius 1 is 1.48 bits per heavy atom. The van der Waals surface area contributed by atoms with Crippen molar-refractivity contribution in [1.29, 1.82) is 0 Å². The molecule has 1 N–H and O–H groups in total. The van der Waals surface area contributed by atoms with Crippen LogP contribution in [0.4, 0.5) is 21.6 Å². The topological polar surface area (TPSA) is 77.3 Å². The molecule has 0 saturated carbocycles. The maximum Gasteiger partial charge on any atom is 0.312 e. The molecule has 0 amide bonds. The minimum Gasteiger partial charge on any atom is -0.491 e. The molecule has 0 aliphatic carbocycles. The minimum absolute atomic E-state index is 0.0340. The second-order valence-corrected chi connectivity index (χ2v) is 4.90. The molecule has 6 nitrogen and oxygen atoms in total. The quantitative estimate of drug-likeness (QED) is 0.646. The lowest BCUT2D eigenvalue weighted by molar-refractivity contribution is -0.384. The van der Waals surface area contributed by atoms with E-state index >= 15 is 0 Å². The van der Waals surface area contributed by atoms with Crippen molar-refractivity contribution in [1.82, 2.24) is 4.98 Å². The van der Waals surface area contributed by atoms with Crippen molar-refractivity contribution in [2.24, 2.45) is 0 Å². The number of nitro groups is 1. The number of nitrogens with zero attached hydrogens (tertiary/aromatic N) is 2. The van der Waals surface area contributed by atoms with Crippen molar-refractivity contribution in [3.63, 3.8) is 0 Å². The fraction of sp³-hybridized carbons (Fsp3) is 0.154. The van der Waals surface area contributed by atoms with Crippen molar-refractivity contribution in [2.45, 2.75) is 6.92 Å². The van der Waals surface area contributed by atoms with E-state index in [0.717, 1.165) is 0 Å². The van der Waals surface area contributed by atoms with Gasteiger partial charge < -0.3 is 10.1 Å². The summed E-state index contributed by atoms with van der Waals surface area (Å²) in [6.45, 7) is 2.10. The first-order chi connectivity index (χ1) is 10.0. The van der Waals surface area contributed by atoms with E-state index in [1.54, 1.807) is 13.0 Å². The second-order valence-electron chi connectivity index (χ2n) is 3.98. The maximum atomic E-state index is 13.7. The van der Waals surface area contributed by atoms with Crippen LogP contribution in [0.2, 0.25) is 0 Å². The van der Waals surface area contributed by atoms with E-state index < -0.39 is 10.7 Å². The summed E-state index contributed by atoms with van der Waals surface area (Å²) < 4.78 is 19.3. The average molecular weight is 356 g/mol. The molecule has 0 atom stereocenters. The summed E-state index contributed by atoms with van der Waals surface area (Å²) in [5, 5.41) is 13.7. The molecule has 21 heavy (non-hydrogen) atoms. The zero-order valence-electron chi connectivity index (χ0n) is 11.0. The highest BCUT2D eigenvalue weighted by atomic mass is 79.9. The molecular formula is C13H11BrFN3O3. The van der Waals surface area contributed by atoms with Gasteiger partial charge in [0, 0.05) is 28.5 Å². The molecular weight excluding hydrogens is 345 g/mol. The summed E-state index contributed by atoms with van der Waals surface area (Å²) in [7, 11) is 0. The van der Waals surface area contributed by atoms with Gasteiger partial charge in [0.1, 0.15) is 0 Å². The highest BCUT2D eigenvalue weighted by Crippen LogP contribution is 2.29. The Balaban J connectivity index is 2.30. The predicted octanol–water partition coefficient (Wildman–Crippen LogP) is 4.03. The first kappa shape index (κ1) is 15.2. The number of pyridine rings is 1. The SMILES string of the molecule is CCOc1ccc(Nc2ncc(Br)cc2[N+](=O)[O-])cc1F. The van der Waals surface area contributed by atoms with Gasteiger partial charge in [-0.1, -0.05) is 0 Å². The maximum absolute atomic E-state index is 13.7. The van der Waals surface area contributed by atoms with Gasteiger partial charge >= 0.3 is 5.69 Å².